The van der Waals surface area contributed by atoms with E-state index in [1.807, 2.05) is 19.1 Å². The van der Waals surface area contributed by atoms with Crippen molar-refractivity contribution in [1.82, 2.24) is 14.5 Å². The molecule has 92 valence electrons. The SMILES string of the molecule is CCCC(C)(C)n1c(=S)[nH]c2ccc(C)nc21. The van der Waals surface area contributed by atoms with E-state index in [1.165, 1.54) is 0 Å². The van der Waals surface area contributed by atoms with Crippen LogP contribution in [0.3, 0.4) is 0 Å². The second-order valence-electron chi connectivity index (χ2n) is 5.15. The quantitative estimate of drug-likeness (QED) is 0.836. The van der Waals surface area contributed by atoms with Crippen LogP contribution < -0.4 is 0 Å². The van der Waals surface area contributed by atoms with E-state index >= 15 is 0 Å². The largest absolute Gasteiger partial charge is 0.329 e. The minimum atomic E-state index is 0.00484. The van der Waals surface area contributed by atoms with Gasteiger partial charge in [0.05, 0.1) is 5.52 Å². The summed E-state index contributed by atoms with van der Waals surface area (Å²) in [7, 11) is 0. The highest BCUT2D eigenvalue weighted by Crippen LogP contribution is 2.26. The molecule has 3 nitrogen and oxygen atoms in total. The topological polar surface area (TPSA) is 33.6 Å². The Bertz CT molecular complexity index is 592. The molecule has 0 radical (unpaired) electrons. The fourth-order valence-electron chi connectivity index (χ4n) is 2.36. The van der Waals surface area contributed by atoms with Gasteiger partial charge in [-0.05, 0) is 51.5 Å². The van der Waals surface area contributed by atoms with Crippen molar-refractivity contribution in [2.75, 3.05) is 0 Å². The standard InChI is InChI=1S/C13H19N3S/c1-5-8-13(3,4)16-11-10(15-12(16)17)7-6-9(2)14-11/h6-7H,5,8H2,1-4H3,(H,15,17). The number of fused-ring (bicyclic) bond motifs is 1. The van der Waals surface area contributed by atoms with Gasteiger partial charge in [-0.25, -0.2) is 4.98 Å². The van der Waals surface area contributed by atoms with Gasteiger partial charge in [0.25, 0.3) is 0 Å². The van der Waals surface area contributed by atoms with Crippen LogP contribution in [0.2, 0.25) is 0 Å². The molecule has 0 bridgehead atoms. The average molecular weight is 249 g/mol. The first-order chi connectivity index (χ1) is 7.95. The summed E-state index contributed by atoms with van der Waals surface area (Å²) in [5.41, 5.74) is 3.01. The number of nitrogens with one attached hydrogen (secondary N) is 1. The number of nitrogens with zero attached hydrogens (tertiary/aromatic N) is 2. The van der Waals surface area contributed by atoms with Crippen LogP contribution >= 0.6 is 12.2 Å². The molecule has 0 spiro atoms. The maximum absolute atomic E-state index is 5.43. The molecule has 17 heavy (non-hydrogen) atoms. The molecule has 0 aliphatic carbocycles. The monoisotopic (exact) mass is 249 g/mol. The van der Waals surface area contributed by atoms with Gasteiger partial charge < -0.3 is 4.98 Å². The predicted octanol–water partition coefficient (Wildman–Crippen LogP) is 3.94. The Morgan fingerprint density at radius 3 is 2.76 bits per heavy atom. The fraction of sp³-hybridized carbons (Fsp3) is 0.538. The van der Waals surface area contributed by atoms with Crippen molar-refractivity contribution in [3.8, 4) is 0 Å². The van der Waals surface area contributed by atoms with Crippen molar-refractivity contribution in [3.05, 3.63) is 22.6 Å². The zero-order valence-corrected chi connectivity index (χ0v) is 11.7. The van der Waals surface area contributed by atoms with Gasteiger partial charge in [0.1, 0.15) is 0 Å². The predicted molar refractivity (Wildman–Crippen MR) is 73.9 cm³/mol. The van der Waals surface area contributed by atoms with Crippen LogP contribution in [0.25, 0.3) is 11.2 Å². The molecule has 0 aromatic carbocycles. The van der Waals surface area contributed by atoms with Crippen molar-refractivity contribution in [2.45, 2.75) is 46.1 Å². The number of aryl methyl sites for hydroxylation is 1. The highest BCUT2D eigenvalue weighted by Gasteiger charge is 2.23. The Morgan fingerprint density at radius 1 is 1.41 bits per heavy atom. The molecule has 1 N–H and O–H groups in total. The van der Waals surface area contributed by atoms with Crippen LogP contribution in [0.5, 0.6) is 0 Å². The van der Waals surface area contributed by atoms with E-state index in [9.17, 15) is 0 Å². The van der Waals surface area contributed by atoms with E-state index in [1.54, 1.807) is 0 Å². The molecular formula is C13H19N3S. The van der Waals surface area contributed by atoms with Crippen LogP contribution in [0.15, 0.2) is 12.1 Å². The molecule has 2 aromatic rings. The lowest BCUT2D eigenvalue weighted by molar-refractivity contribution is 0.328. The Morgan fingerprint density at radius 2 is 2.12 bits per heavy atom. The summed E-state index contributed by atoms with van der Waals surface area (Å²) >= 11 is 5.43. The summed E-state index contributed by atoms with van der Waals surface area (Å²) in [6.45, 7) is 8.62. The van der Waals surface area contributed by atoms with Crippen LogP contribution in [0.4, 0.5) is 0 Å². The molecule has 0 saturated carbocycles. The number of imidazole rings is 1. The summed E-state index contributed by atoms with van der Waals surface area (Å²) < 4.78 is 2.91. The highest BCUT2D eigenvalue weighted by atomic mass is 32.1. The van der Waals surface area contributed by atoms with Gasteiger partial charge in [-0.3, -0.25) is 4.57 Å². The molecule has 2 aromatic heterocycles. The third kappa shape index (κ3) is 2.14. The number of rotatable bonds is 3. The molecule has 0 fully saturated rings. The van der Waals surface area contributed by atoms with Crippen molar-refractivity contribution < 1.29 is 0 Å². The molecular weight excluding hydrogens is 230 g/mol. The van der Waals surface area contributed by atoms with Gasteiger partial charge >= 0.3 is 0 Å². The number of hydrogen-bond donors (Lipinski definition) is 1. The highest BCUT2D eigenvalue weighted by molar-refractivity contribution is 7.71. The minimum absolute atomic E-state index is 0.00484. The smallest absolute Gasteiger partial charge is 0.179 e. The first kappa shape index (κ1) is 12.3. The summed E-state index contributed by atoms with van der Waals surface area (Å²) in [5, 5.41) is 0. The molecule has 0 unspecified atom stereocenters. The lowest BCUT2D eigenvalue weighted by Gasteiger charge is -2.26. The van der Waals surface area contributed by atoms with E-state index in [2.05, 4.69) is 35.3 Å². The molecule has 2 heterocycles. The Balaban J connectivity index is 2.72. The number of hydrogen-bond acceptors (Lipinski definition) is 2. The number of aromatic nitrogens is 3. The zero-order valence-electron chi connectivity index (χ0n) is 10.9. The maximum atomic E-state index is 5.43. The first-order valence-electron chi connectivity index (χ1n) is 6.04. The normalized spacial score (nSPS) is 12.2. The van der Waals surface area contributed by atoms with E-state index in [-0.39, 0.29) is 5.54 Å². The lowest BCUT2D eigenvalue weighted by atomic mass is 9.99. The fourth-order valence-corrected chi connectivity index (χ4v) is 2.81. The van der Waals surface area contributed by atoms with E-state index < -0.39 is 0 Å². The third-order valence-corrected chi connectivity index (χ3v) is 3.42. The molecule has 4 heteroatoms. The molecule has 0 atom stereocenters. The van der Waals surface area contributed by atoms with E-state index in [0.717, 1.165) is 34.5 Å². The van der Waals surface area contributed by atoms with Gasteiger partial charge in [0.15, 0.2) is 10.4 Å². The number of aromatic amines is 1. The van der Waals surface area contributed by atoms with Crippen molar-refractivity contribution in [2.24, 2.45) is 0 Å². The zero-order chi connectivity index (χ0) is 12.6. The van der Waals surface area contributed by atoms with Crippen LogP contribution in [0, 0.1) is 11.7 Å². The summed E-state index contributed by atoms with van der Waals surface area (Å²) in [6.07, 6.45) is 2.22. The third-order valence-electron chi connectivity index (χ3n) is 3.14. The van der Waals surface area contributed by atoms with Gasteiger partial charge in [0, 0.05) is 11.2 Å². The molecule has 0 amide bonds. The van der Waals surface area contributed by atoms with Crippen LogP contribution in [0.1, 0.15) is 39.3 Å². The van der Waals surface area contributed by atoms with Crippen LogP contribution in [-0.2, 0) is 5.54 Å². The number of pyridine rings is 1. The van der Waals surface area contributed by atoms with E-state index in [4.69, 9.17) is 12.2 Å². The van der Waals surface area contributed by atoms with Gasteiger partial charge in [-0.1, -0.05) is 13.3 Å². The van der Waals surface area contributed by atoms with Crippen LogP contribution in [-0.4, -0.2) is 14.5 Å². The van der Waals surface area contributed by atoms with E-state index in [0.29, 0.717) is 0 Å². The molecule has 0 aliphatic rings. The van der Waals surface area contributed by atoms with Crippen molar-refractivity contribution >= 4 is 23.4 Å². The second-order valence-corrected chi connectivity index (χ2v) is 5.54. The Kier molecular flexibility index (Phi) is 3.08. The molecule has 0 aliphatic heterocycles. The maximum Gasteiger partial charge on any atom is 0.179 e. The minimum Gasteiger partial charge on any atom is -0.329 e. The van der Waals surface area contributed by atoms with Crippen molar-refractivity contribution in [3.63, 3.8) is 0 Å². The lowest BCUT2D eigenvalue weighted by Crippen LogP contribution is -2.26. The summed E-state index contributed by atoms with van der Waals surface area (Å²) in [6, 6.07) is 4.05. The summed E-state index contributed by atoms with van der Waals surface area (Å²) in [4.78, 5) is 7.84. The second kappa shape index (κ2) is 4.26. The first-order valence-corrected chi connectivity index (χ1v) is 6.45. The van der Waals surface area contributed by atoms with Gasteiger partial charge in [-0.15, -0.1) is 0 Å². The summed E-state index contributed by atoms with van der Waals surface area (Å²) in [5.74, 6) is 0. The van der Waals surface area contributed by atoms with Crippen molar-refractivity contribution in [1.29, 1.82) is 0 Å². The van der Waals surface area contributed by atoms with Gasteiger partial charge in [0.2, 0.25) is 0 Å². The van der Waals surface area contributed by atoms with Gasteiger partial charge in [-0.2, -0.15) is 0 Å². The number of H-pyrrole nitrogens is 1. The average Bonchev–Trinajstić information content (AvgIpc) is 2.53. The Hall–Kier alpha value is -1.16. The molecule has 0 saturated heterocycles. The Labute approximate surface area is 107 Å². The molecule has 2 rings (SSSR count).